The topological polar surface area (TPSA) is 46.6 Å². The summed E-state index contributed by atoms with van der Waals surface area (Å²) < 4.78 is 5.21. The van der Waals surface area contributed by atoms with Gasteiger partial charge in [0.2, 0.25) is 0 Å². The molecule has 0 aromatic heterocycles. The molecule has 4 heteroatoms. The first kappa shape index (κ1) is 9.65. The van der Waals surface area contributed by atoms with Gasteiger partial charge in [0, 0.05) is 32.2 Å². The molecule has 2 fully saturated rings. The number of fused-ring (bicyclic) bond motifs is 2. The van der Waals surface area contributed by atoms with Crippen LogP contribution in [0.1, 0.15) is 26.2 Å². The van der Waals surface area contributed by atoms with Crippen LogP contribution >= 0.6 is 0 Å². The van der Waals surface area contributed by atoms with Crippen LogP contribution in [-0.4, -0.2) is 41.9 Å². The van der Waals surface area contributed by atoms with E-state index >= 15 is 0 Å². The summed E-state index contributed by atoms with van der Waals surface area (Å²) in [6.07, 6.45) is 1.89. The number of hydrogen-bond donors (Lipinski definition) is 0. The van der Waals surface area contributed by atoms with E-state index in [0.717, 1.165) is 6.42 Å². The van der Waals surface area contributed by atoms with Crippen LogP contribution < -0.4 is 0 Å². The molecule has 0 saturated carbocycles. The molecular formula is C10H15NO3. The van der Waals surface area contributed by atoms with Gasteiger partial charge in [-0.05, 0) is 7.05 Å². The second-order valence-corrected chi connectivity index (χ2v) is 4.22. The fourth-order valence-electron chi connectivity index (χ4n) is 2.55. The van der Waals surface area contributed by atoms with Crippen molar-refractivity contribution in [3.05, 3.63) is 0 Å². The van der Waals surface area contributed by atoms with E-state index in [4.69, 9.17) is 4.74 Å². The lowest BCUT2D eigenvalue weighted by Crippen LogP contribution is -2.43. The smallest absolute Gasteiger partial charge is 0.302 e. The van der Waals surface area contributed by atoms with Gasteiger partial charge in [-0.25, -0.2) is 0 Å². The molecule has 0 N–H and O–H groups in total. The average Bonchev–Trinajstić information content (AvgIpc) is 2.30. The van der Waals surface area contributed by atoms with Crippen molar-refractivity contribution in [1.82, 2.24) is 4.90 Å². The van der Waals surface area contributed by atoms with Crippen molar-refractivity contribution in [1.29, 1.82) is 0 Å². The van der Waals surface area contributed by atoms with Gasteiger partial charge in [-0.2, -0.15) is 0 Å². The number of hydrogen-bond acceptors (Lipinski definition) is 4. The summed E-state index contributed by atoms with van der Waals surface area (Å²) in [5.74, 6) is 0.0520. The molecule has 4 nitrogen and oxygen atoms in total. The van der Waals surface area contributed by atoms with Gasteiger partial charge in [0.25, 0.3) is 0 Å². The predicted molar refractivity (Wildman–Crippen MR) is 49.8 cm³/mol. The minimum absolute atomic E-state index is 0.0750. The van der Waals surface area contributed by atoms with Crippen LogP contribution in [-0.2, 0) is 14.3 Å². The van der Waals surface area contributed by atoms with Gasteiger partial charge >= 0.3 is 5.97 Å². The molecule has 0 aliphatic carbocycles. The Hall–Kier alpha value is -0.900. The van der Waals surface area contributed by atoms with Crippen LogP contribution in [0.3, 0.4) is 0 Å². The lowest BCUT2D eigenvalue weighted by Gasteiger charge is -2.30. The van der Waals surface area contributed by atoms with Crippen LogP contribution in [0.15, 0.2) is 0 Å². The molecule has 14 heavy (non-hydrogen) atoms. The molecule has 0 amide bonds. The Balaban J connectivity index is 2.09. The van der Waals surface area contributed by atoms with Gasteiger partial charge in [-0.3, -0.25) is 14.5 Å². The van der Waals surface area contributed by atoms with Crippen LogP contribution in [0.2, 0.25) is 0 Å². The fourth-order valence-corrected chi connectivity index (χ4v) is 2.55. The predicted octanol–water partition coefficient (Wildman–Crippen LogP) is 0.354. The summed E-state index contributed by atoms with van der Waals surface area (Å²) in [5, 5.41) is 0. The Morgan fingerprint density at radius 3 is 2.86 bits per heavy atom. The highest BCUT2D eigenvalue weighted by molar-refractivity contribution is 5.81. The average molecular weight is 197 g/mol. The first-order valence-corrected chi connectivity index (χ1v) is 4.99. The largest absolute Gasteiger partial charge is 0.461 e. The van der Waals surface area contributed by atoms with Crippen LogP contribution in [0.25, 0.3) is 0 Å². The standard InChI is InChI=1S/C10H15NO3/c1-6(12)14-10-4-7-3-8(13)5-9(10)11(7)2/h7,9-10H,3-5H2,1-2H3/t7-,9-,10+/m0/s1. The van der Waals surface area contributed by atoms with Crippen molar-refractivity contribution in [3.8, 4) is 0 Å². The number of Topliss-reactive ketones (excluding diaryl/α,β-unsaturated/α-hetero) is 1. The van der Waals surface area contributed by atoms with E-state index in [1.807, 2.05) is 7.05 Å². The summed E-state index contributed by atoms with van der Waals surface area (Å²) in [4.78, 5) is 24.4. The number of nitrogens with zero attached hydrogens (tertiary/aromatic N) is 1. The van der Waals surface area contributed by atoms with Crippen molar-refractivity contribution in [3.63, 3.8) is 0 Å². The molecule has 2 rings (SSSR count). The molecule has 0 aromatic rings. The zero-order chi connectivity index (χ0) is 10.3. The van der Waals surface area contributed by atoms with Gasteiger partial charge in [0.1, 0.15) is 11.9 Å². The lowest BCUT2D eigenvalue weighted by molar-refractivity contribution is -0.148. The second-order valence-electron chi connectivity index (χ2n) is 4.22. The third-order valence-electron chi connectivity index (χ3n) is 3.25. The number of ketones is 1. The van der Waals surface area contributed by atoms with E-state index in [0.29, 0.717) is 18.6 Å². The number of likely N-dealkylation sites (N-methyl/N-ethyl adjacent to an activating group) is 1. The Kier molecular flexibility index (Phi) is 2.31. The van der Waals surface area contributed by atoms with E-state index in [-0.39, 0.29) is 24.2 Å². The molecule has 0 spiro atoms. The second kappa shape index (κ2) is 3.35. The molecule has 3 atom stereocenters. The van der Waals surface area contributed by atoms with Gasteiger partial charge in [-0.15, -0.1) is 0 Å². The first-order valence-electron chi connectivity index (χ1n) is 4.99. The SMILES string of the molecule is CC(=O)O[C@@H]1C[C@@H]2CC(=O)C[C@@H]1N2C. The molecule has 2 saturated heterocycles. The van der Waals surface area contributed by atoms with E-state index in [1.54, 1.807) is 0 Å². The molecule has 78 valence electrons. The molecule has 0 aromatic carbocycles. The minimum Gasteiger partial charge on any atom is -0.461 e. The number of piperidine rings is 1. The Bertz CT molecular complexity index is 277. The summed E-state index contributed by atoms with van der Waals surface area (Å²) in [5.41, 5.74) is 0. The van der Waals surface area contributed by atoms with Gasteiger partial charge in [0.05, 0.1) is 6.04 Å². The van der Waals surface area contributed by atoms with E-state index < -0.39 is 0 Å². The van der Waals surface area contributed by atoms with Gasteiger partial charge < -0.3 is 4.74 Å². The van der Waals surface area contributed by atoms with Crippen molar-refractivity contribution >= 4 is 11.8 Å². The molecule has 2 aliphatic heterocycles. The number of carbonyl (C=O) groups is 2. The molecular weight excluding hydrogens is 182 g/mol. The van der Waals surface area contributed by atoms with Gasteiger partial charge in [-0.1, -0.05) is 0 Å². The lowest BCUT2D eigenvalue weighted by atomic mass is 10.0. The summed E-state index contributed by atoms with van der Waals surface area (Å²) in [7, 11) is 2.01. The number of esters is 1. The van der Waals surface area contributed by atoms with Crippen molar-refractivity contribution in [2.24, 2.45) is 0 Å². The normalized spacial score (nSPS) is 37.3. The Labute approximate surface area is 83.2 Å². The molecule has 2 aliphatic rings. The zero-order valence-electron chi connectivity index (χ0n) is 8.53. The van der Waals surface area contributed by atoms with Crippen molar-refractivity contribution in [2.75, 3.05) is 7.05 Å². The molecule has 2 bridgehead atoms. The quantitative estimate of drug-likeness (QED) is 0.569. The number of rotatable bonds is 1. The third-order valence-corrected chi connectivity index (χ3v) is 3.25. The maximum atomic E-state index is 11.3. The molecule has 0 unspecified atom stereocenters. The monoisotopic (exact) mass is 197 g/mol. The summed E-state index contributed by atoms with van der Waals surface area (Å²) in [6.45, 7) is 1.42. The highest BCUT2D eigenvalue weighted by Gasteiger charge is 2.45. The maximum absolute atomic E-state index is 11.3. The molecule has 2 heterocycles. The zero-order valence-corrected chi connectivity index (χ0v) is 8.53. The third kappa shape index (κ3) is 1.54. The first-order chi connectivity index (χ1) is 6.58. The Morgan fingerprint density at radius 2 is 2.21 bits per heavy atom. The number of carbonyl (C=O) groups excluding carboxylic acids is 2. The number of ether oxygens (including phenoxy) is 1. The summed E-state index contributed by atoms with van der Waals surface area (Å²) in [6, 6.07) is 0.399. The maximum Gasteiger partial charge on any atom is 0.302 e. The van der Waals surface area contributed by atoms with E-state index in [2.05, 4.69) is 4.90 Å². The van der Waals surface area contributed by atoms with Crippen molar-refractivity contribution in [2.45, 2.75) is 44.4 Å². The van der Waals surface area contributed by atoms with Crippen LogP contribution in [0.4, 0.5) is 0 Å². The Morgan fingerprint density at radius 1 is 1.50 bits per heavy atom. The van der Waals surface area contributed by atoms with Crippen LogP contribution in [0, 0.1) is 0 Å². The fraction of sp³-hybridized carbons (Fsp3) is 0.800. The minimum atomic E-state index is -0.247. The molecule has 0 radical (unpaired) electrons. The highest BCUT2D eigenvalue weighted by atomic mass is 16.5. The highest BCUT2D eigenvalue weighted by Crippen LogP contribution is 2.34. The summed E-state index contributed by atoms with van der Waals surface area (Å²) >= 11 is 0. The van der Waals surface area contributed by atoms with E-state index in [9.17, 15) is 9.59 Å². The van der Waals surface area contributed by atoms with Gasteiger partial charge in [0.15, 0.2) is 0 Å². The van der Waals surface area contributed by atoms with Crippen LogP contribution in [0.5, 0.6) is 0 Å². The van der Waals surface area contributed by atoms with E-state index in [1.165, 1.54) is 6.92 Å². The van der Waals surface area contributed by atoms with Crippen molar-refractivity contribution < 1.29 is 14.3 Å².